The van der Waals surface area contributed by atoms with E-state index in [4.69, 9.17) is 15.9 Å². The minimum atomic E-state index is -3.56. The van der Waals surface area contributed by atoms with Gasteiger partial charge in [0.05, 0.1) is 19.3 Å². The second-order valence-corrected chi connectivity index (χ2v) is 5.25. The SMILES string of the molecule is CCC(NS(=O)(=O)N1CCOCC1)C(=N)N. The van der Waals surface area contributed by atoms with Crippen molar-refractivity contribution in [2.24, 2.45) is 5.73 Å². The molecule has 0 spiro atoms. The Morgan fingerprint density at radius 2 is 2.12 bits per heavy atom. The van der Waals surface area contributed by atoms with Crippen LogP contribution in [-0.2, 0) is 14.9 Å². The summed E-state index contributed by atoms with van der Waals surface area (Å²) in [6.45, 7) is 3.25. The smallest absolute Gasteiger partial charge is 0.280 e. The highest BCUT2D eigenvalue weighted by Crippen LogP contribution is 2.04. The van der Waals surface area contributed by atoms with E-state index in [2.05, 4.69) is 4.72 Å². The van der Waals surface area contributed by atoms with Crippen LogP contribution in [0.2, 0.25) is 0 Å². The molecule has 1 aliphatic rings. The molecule has 1 heterocycles. The fourth-order valence-electron chi connectivity index (χ4n) is 1.41. The average molecular weight is 250 g/mol. The topological polar surface area (TPSA) is 109 Å². The zero-order chi connectivity index (χ0) is 12.2. The van der Waals surface area contributed by atoms with Crippen LogP contribution >= 0.6 is 0 Å². The van der Waals surface area contributed by atoms with E-state index in [9.17, 15) is 8.42 Å². The van der Waals surface area contributed by atoms with Crippen molar-refractivity contribution >= 4 is 16.0 Å². The normalized spacial score (nSPS) is 20.6. The lowest BCUT2D eigenvalue weighted by molar-refractivity contribution is 0.0724. The Balaban J connectivity index is 2.65. The van der Waals surface area contributed by atoms with E-state index in [0.29, 0.717) is 32.7 Å². The minimum absolute atomic E-state index is 0.167. The first-order valence-corrected chi connectivity index (χ1v) is 6.60. The van der Waals surface area contributed by atoms with E-state index < -0.39 is 16.3 Å². The number of nitrogens with two attached hydrogens (primary N) is 1. The van der Waals surface area contributed by atoms with Gasteiger partial charge in [-0.25, -0.2) is 0 Å². The van der Waals surface area contributed by atoms with E-state index in [1.807, 2.05) is 0 Å². The summed E-state index contributed by atoms with van der Waals surface area (Å²) < 4.78 is 32.5. The van der Waals surface area contributed by atoms with E-state index in [1.165, 1.54) is 4.31 Å². The zero-order valence-electron chi connectivity index (χ0n) is 9.27. The van der Waals surface area contributed by atoms with Gasteiger partial charge in [-0.3, -0.25) is 5.41 Å². The number of amidine groups is 1. The van der Waals surface area contributed by atoms with Crippen molar-refractivity contribution in [2.45, 2.75) is 19.4 Å². The minimum Gasteiger partial charge on any atom is -0.386 e. The molecule has 0 saturated carbocycles. The predicted octanol–water partition coefficient (Wildman–Crippen LogP) is -1.13. The number of ether oxygens (including phenoxy) is 1. The molecule has 1 saturated heterocycles. The van der Waals surface area contributed by atoms with Crippen LogP contribution in [0.15, 0.2) is 0 Å². The quantitative estimate of drug-likeness (QED) is 0.423. The summed E-state index contributed by atoms with van der Waals surface area (Å²) in [7, 11) is -3.56. The molecule has 1 atom stereocenters. The summed E-state index contributed by atoms with van der Waals surface area (Å²) in [6.07, 6.45) is 0.457. The number of morpholine rings is 1. The molecule has 0 bridgehead atoms. The van der Waals surface area contributed by atoms with Crippen LogP contribution in [0.5, 0.6) is 0 Å². The van der Waals surface area contributed by atoms with Crippen LogP contribution in [0, 0.1) is 5.41 Å². The summed E-state index contributed by atoms with van der Waals surface area (Å²) in [5, 5.41) is 7.25. The van der Waals surface area contributed by atoms with E-state index in [0.717, 1.165) is 0 Å². The van der Waals surface area contributed by atoms with Crippen molar-refractivity contribution in [3.63, 3.8) is 0 Å². The third-order valence-corrected chi connectivity index (χ3v) is 4.01. The second kappa shape index (κ2) is 5.58. The van der Waals surface area contributed by atoms with E-state index in [1.54, 1.807) is 6.92 Å². The van der Waals surface area contributed by atoms with Gasteiger partial charge in [0, 0.05) is 13.1 Å². The van der Waals surface area contributed by atoms with Crippen molar-refractivity contribution in [1.82, 2.24) is 9.03 Å². The first-order chi connectivity index (χ1) is 7.47. The van der Waals surface area contributed by atoms with Crippen molar-refractivity contribution in [3.8, 4) is 0 Å². The molecule has 0 radical (unpaired) electrons. The fraction of sp³-hybridized carbons (Fsp3) is 0.875. The molecule has 1 aliphatic heterocycles. The van der Waals surface area contributed by atoms with Gasteiger partial charge < -0.3 is 10.5 Å². The van der Waals surface area contributed by atoms with Gasteiger partial charge in [-0.1, -0.05) is 6.92 Å². The van der Waals surface area contributed by atoms with Crippen molar-refractivity contribution in [3.05, 3.63) is 0 Å². The van der Waals surface area contributed by atoms with Gasteiger partial charge in [0.15, 0.2) is 0 Å². The molecule has 0 aromatic heterocycles. The molecule has 1 rings (SSSR count). The predicted molar refractivity (Wildman–Crippen MR) is 60.4 cm³/mol. The summed E-state index contributed by atoms with van der Waals surface area (Å²) >= 11 is 0. The molecule has 8 heteroatoms. The van der Waals surface area contributed by atoms with Crippen LogP contribution < -0.4 is 10.5 Å². The van der Waals surface area contributed by atoms with Crippen molar-refractivity contribution < 1.29 is 13.2 Å². The molecule has 0 aromatic rings. The Morgan fingerprint density at radius 3 is 2.56 bits per heavy atom. The number of nitrogens with one attached hydrogen (secondary N) is 2. The number of nitrogens with zero attached hydrogens (tertiary/aromatic N) is 1. The van der Waals surface area contributed by atoms with Gasteiger partial charge in [-0.05, 0) is 6.42 Å². The Morgan fingerprint density at radius 1 is 1.56 bits per heavy atom. The fourth-order valence-corrected chi connectivity index (χ4v) is 2.84. The maximum absolute atomic E-state index is 11.9. The third-order valence-electron chi connectivity index (χ3n) is 2.38. The largest absolute Gasteiger partial charge is 0.386 e. The van der Waals surface area contributed by atoms with Crippen molar-refractivity contribution in [2.75, 3.05) is 26.3 Å². The summed E-state index contributed by atoms with van der Waals surface area (Å²) in [5.74, 6) is -0.167. The summed E-state index contributed by atoms with van der Waals surface area (Å²) in [5.41, 5.74) is 5.30. The lowest BCUT2D eigenvalue weighted by Gasteiger charge is -2.28. The van der Waals surface area contributed by atoms with Gasteiger partial charge >= 0.3 is 0 Å². The molecule has 7 nitrogen and oxygen atoms in total. The van der Waals surface area contributed by atoms with Gasteiger partial charge in [0.2, 0.25) is 0 Å². The molecule has 1 fully saturated rings. The number of hydrogen-bond acceptors (Lipinski definition) is 4. The van der Waals surface area contributed by atoms with Gasteiger partial charge in [-0.15, -0.1) is 0 Å². The summed E-state index contributed by atoms with van der Waals surface area (Å²) in [4.78, 5) is 0. The average Bonchev–Trinajstić information content (AvgIpc) is 2.27. The first kappa shape index (κ1) is 13.4. The lowest BCUT2D eigenvalue weighted by atomic mass is 10.2. The Labute approximate surface area is 95.6 Å². The Kier molecular flexibility index (Phi) is 4.66. The van der Waals surface area contributed by atoms with Crippen LogP contribution in [0.3, 0.4) is 0 Å². The van der Waals surface area contributed by atoms with Crippen molar-refractivity contribution in [1.29, 1.82) is 5.41 Å². The maximum atomic E-state index is 11.9. The van der Waals surface area contributed by atoms with Crippen LogP contribution in [0.4, 0.5) is 0 Å². The van der Waals surface area contributed by atoms with E-state index >= 15 is 0 Å². The highest BCUT2D eigenvalue weighted by Gasteiger charge is 2.27. The van der Waals surface area contributed by atoms with Gasteiger partial charge in [0.25, 0.3) is 10.2 Å². The molecule has 0 amide bonds. The molecule has 16 heavy (non-hydrogen) atoms. The molecular formula is C8H18N4O3S. The molecule has 4 N–H and O–H groups in total. The number of hydrogen-bond donors (Lipinski definition) is 3. The highest BCUT2D eigenvalue weighted by atomic mass is 32.2. The Bertz CT molecular complexity index is 337. The van der Waals surface area contributed by atoms with Crippen LogP contribution in [0.25, 0.3) is 0 Å². The van der Waals surface area contributed by atoms with Crippen LogP contribution in [0.1, 0.15) is 13.3 Å². The van der Waals surface area contributed by atoms with Gasteiger partial charge in [-0.2, -0.15) is 17.4 Å². The molecular weight excluding hydrogens is 232 g/mol. The van der Waals surface area contributed by atoms with Gasteiger partial charge in [0.1, 0.15) is 5.84 Å². The molecule has 0 aliphatic carbocycles. The summed E-state index contributed by atoms with van der Waals surface area (Å²) in [6, 6.07) is -0.632. The van der Waals surface area contributed by atoms with E-state index in [-0.39, 0.29) is 5.84 Å². The monoisotopic (exact) mass is 250 g/mol. The molecule has 1 unspecified atom stereocenters. The third kappa shape index (κ3) is 3.41. The molecule has 94 valence electrons. The standard InChI is InChI=1S/C8H18N4O3S/c1-2-7(8(9)10)11-16(13,14)12-3-5-15-6-4-12/h7,11H,2-6H2,1H3,(H3,9,10). The maximum Gasteiger partial charge on any atom is 0.280 e. The second-order valence-electron chi connectivity index (χ2n) is 3.55. The highest BCUT2D eigenvalue weighted by molar-refractivity contribution is 7.87. The first-order valence-electron chi connectivity index (χ1n) is 5.16. The number of rotatable bonds is 5. The lowest BCUT2D eigenvalue weighted by Crippen LogP contribution is -2.52. The zero-order valence-corrected chi connectivity index (χ0v) is 10.1. The molecule has 0 aromatic carbocycles. The Hall–Kier alpha value is -0.700. The van der Waals surface area contributed by atoms with Crippen LogP contribution in [-0.4, -0.2) is 50.9 Å².